The summed E-state index contributed by atoms with van der Waals surface area (Å²) in [6.07, 6.45) is 0. The van der Waals surface area contributed by atoms with Crippen LogP contribution in [0.25, 0.3) is 0 Å². The molecular formula is C8H14N4O4S2. The second kappa shape index (κ2) is 5.65. The third kappa shape index (κ3) is 4.61. The second-order valence-corrected chi connectivity index (χ2v) is 8.29. The van der Waals surface area contributed by atoms with Crippen molar-refractivity contribution in [1.82, 2.24) is 20.4 Å². The van der Waals surface area contributed by atoms with Gasteiger partial charge in [-0.15, -0.1) is 20.4 Å². The number of hydrogen-bond acceptors (Lipinski definition) is 8. The molecule has 10 heteroatoms. The fraction of sp³-hybridized carbons (Fsp3) is 0.750. The van der Waals surface area contributed by atoms with Gasteiger partial charge in [0.15, 0.2) is 31.3 Å². The van der Waals surface area contributed by atoms with Crippen molar-refractivity contribution in [2.24, 2.45) is 0 Å². The third-order valence-corrected chi connectivity index (χ3v) is 5.29. The zero-order chi connectivity index (χ0) is 13.8. The average Bonchev–Trinajstić information content (AvgIpc) is 2.31. The van der Waals surface area contributed by atoms with Gasteiger partial charge in [0.2, 0.25) is 0 Å². The van der Waals surface area contributed by atoms with Crippen LogP contribution in [0.2, 0.25) is 0 Å². The van der Waals surface area contributed by atoms with Crippen LogP contribution in [0, 0.1) is 0 Å². The molecule has 1 aromatic rings. The molecule has 0 saturated heterocycles. The topological polar surface area (TPSA) is 120 Å². The molecule has 1 aromatic heterocycles. The predicted octanol–water partition coefficient (Wildman–Crippen LogP) is -0.864. The van der Waals surface area contributed by atoms with Gasteiger partial charge in [0.05, 0.1) is 0 Å². The Labute approximate surface area is 106 Å². The van der Waals surface area contributed by atoms with Crippen molar-refractivity contribution >= 4 is 19.7 Å². The number of rotatable bonds is 6. The molecule has 0 radical (unpaired) electrons. The summed E-state index contributed by atoms with van der Waals surface area (Å²) >= 11 is 0. The molecule has 1 rings (SSSR count). The maximum absolute atomic E-state index is 11.3. The maximum Gasteiger partial charge on any atom is 0.188 e. The highest BCUT2D eigenvalue weighted by atomic mass is 32.2. The normalized spacial score (nSPS) is 12.6. The molecule has 0 aliphatic carbocycles. The monoisotopic (exact) mass is 294 g/mol. The number of hydrogen-bond donors (Lipinski definition) is 0. The van der Waals surface area contributed by atoms with Crippen molar-refractivity contribution in [2.45, 2.75) is 25.4 Å². The molecule has 18 heavy (non-hydrogen) atoms. The van der Waals surface area contributed by atoms with E-state index in [2.05, 4.69) is 20.4 Å². The van der Waals surface area contributed by atoms with E-state index in [0.29, 0.717) is 0 Å². The Morgan fingerprint density at radius 1 is 0.722 bits per heavy atom. The molecule has 0 spiro atoms. The molecule has 0 aliphatic rings. The van der Waals surface area contributed by atoms with E-state index in [1.807, 2.05) is 0 Å². The molecule has 0 N–H and O–H groups in total. The molecule has 1 heterocycles. The average molecular weight is 294 g/mol. The lowest BCUT2D eigenvalue weighted by atomic mass is 10.7. The summed E-state index contributed by atoms with van der Waals surface area (Å²) in [7, 11) is -6.50. The summed E-state index contributed by atoms with van der Waals surface area (Å²) < 4.78 is 45.2. The van der Waals surface area contributed by atoms with E-state index in [1.165, 1.54) is 13.8 Å². The third-order valence-electron chi connectivity index (χ3n) is 2.14. The smallest absolute Gasteiger partial charge is 0.188 e. The summed E-state index contributed by atoms with van der Waals surface area (Å²) in [5.41, 5.74) is 0. The lowest BCUT2D eigenvalue weighted by Crippen LogP contribution is -2.15. The first kappa shape index (κ1) is 14.9. The lowest BCUT2D eigenvalue weighted by Gasteiger charge is -2.00. The minimum atomic E-state index is -3.25. The first-order chi connectivity index (χ1) is 8.28. The van der Waals surface area contributed by atoms with Gasteiger partial charge in [-0.05, 0) is 0 Å². The Kier molecular flexibility index (Phi) is 4.68. The molecule has 0 aromatic carbocycles. The highest BCUT2D eigenvalue weighted by Gasteiger charge is 2.15. The van der Waals surface area contributed by atoms with Crippen molar-refractivity contribution in [3.63, 3.8) is 0 Å². The predicted molar refractivity (Wildman–Crippen MR) is 64.0 cm³/mol. The summed E-state index contributed by atoms with van der Waals surface area (Å²) in [5, 5.41) is 14.3. The zero-order valence-corrected chi connectivity index (χ0v) is 11.7. The Balaban J connectivity index is 2.81. The van der Waals surface area contributed by atoms with Gasteiger partial charge in [0.25, 0.3) is 0 Å². The highest BCUT2D eigenvalue weighted by Crippen LogP contribution is 2.01. The SMILES string of the molecule is CCS(=O)(=O)Cc1nnc(CS(=O)(=O)CC)nn1. The van der Waals surface area contributed by atoms with E-state index >= 15 is 0 Å². The molecule has 0 atom stereocenters. The van der Waals surface area contributed by atoms with Gasteiger partial charge >= 0.3 is 0 Å². The van der Waals surface area contributed by atoms with Crippen LogP contribution >= 0.6 is 0 Å². The van der Waals surface area contributed by atoms with Gasteiger partial charge < -0.3 is 0 Å². The van der Waals surface area contributed by atoms with E-state index in [4.69, 9.17) is 0 Å². The van der Waals surface area contributed by atoms with Gasteiger partial charge in [-0.1, -0.05) is 13.8 Å². The Hall–Kier alpha value is -1.16. The minimum absolute atomic E-state index is 0.0255. The zero-order valence-electron chi connectivity index (χ0n) is 10.1. The standard InChI is InChI=1S/C8H14N4O4S2/c1-3-17(13,14)5-7-9-11-8(12-10-7)6-18(15,16)4-2/h3-6H2,1-2H3. The quantitative estimate of drug-likeness (QED) is 0.664. The number of sulfone groups is 2. The summed E-state index contributed by atoms with van der Waals surface area (Å²) in [6.45, 7) is 3.02. The fourth-order valence-electron chi connectivity index (χ4n) is 0.984. The Morgan fingerprint density at radius 2 is 1.00 bits per heavy atom. The Morgan fingerprint density at radius 3 is 1.22 bits per heavy atom. The van der Waals surface area contributed by atoms with Crippen LogP contribution in [0.3, 0.4) is 0 Å². The first-order valence-corrected chi connectivity index (χ1v) is 8.88. The highest BCUT2D eigenvalue weighted by molar-refractivity contribution is 7.90. The van der Waals surface area contributed by atoms with Gasteiger partial charge in [0.1, 0.15) is 11.5 Å². The van der Waals surface area contributed by atoms with Crippen LogP contribution in [0.5, 0.6) is 0 Å². The van der Waals surface area contributed by atoms with Crippen molar-refractivity contribution in [3.8, 4) is 0 Å². The van der Waals surface area contributed by atoms with Crippen molar-refractivity contribution in [2.75, 3.05) is 11.5 Å². The molecule has 0 amide bonds. The summed E-state index contributed by atoms with van der Waals surface area (Å²) in [4.78, 5) is 0. The molecular weight excluding hydrogens is 280 g/mol. The maximum atomic E-state index is 11.3. The van der Waals surface area contributed by atoms with E-state index in [-0.39, 0.29) is 34.7 Å². The van der Waals surface area contributed by atoms with Gasteiger partial charge in [-0.2, -0.15) is 0 Å². The largest absolute Gasteiger partial charge is 0.228 e. The minimum Gasteiger partial charge on any atom is -0.228 e. The molecule has 0 unspecified atom stereocenters. The second-order valence-electron chi connectivity index (χ2n) is 3.59. The molecule has 0 fully saturated rings. The van der Waals surface area contributed by atoms with Gasteiger partial charge in [-0.3, -0.25) is 0 Å². The van der Waals surface area contributed by atoms with Crippen molar-refractivity contribution in [1.29, 1.82) is 0 Å². The summed E-state index contributed by atoms with van der Waals surface area (Å²) in [5.74, 6) is -0.803. The van der Waals surface area contributed by atoms with Crippen LogP contribution in [0.15, 0.2) is 0 Å². The van der Waals surface area contributed by atoms with Crippen molar-refractivity contribution in [3.05, 3.63) is 11.6 Å². The van der Waals surface area contributed by atoms with Crippen LogP contribution in [0.1, 0.15) is 25.5 Å². The van der Waals surface area contributed by atoms with E-state index in [0.717, 1.165) is 0 Å². The van der Waals surface area contributed by atoms with Gasteiger partial charge in [-0.25, -0.2) is 16.8 Å². The Bertz CT molecular complexity index is 539. The lowest BCUT2D eigenvalue weighted by molar-refractivity contribution is 0.587. The van der Waals surface area contributed by atoms with E-state index in [1.54, 1.807) is 0 Å². The molecule has 0 bridgehead atoms. The van der Waals surface area contributed by atoms with Crippen LogP contribution in [0.4, 0.5) is 0 Å². The molecule has 8 nitrogen and oxygen atoms in total. The first-order valence-electron chi connectivity index (χ1n) is 5.24. The van der Waals surface area contributed by atoms with Crippen LogP contribution < -0.4 is 0 Å². The number of aromatic nitrogens is 4. The molecule has 0 saturated carbocycles. The summed E-state index contributed by atoms with van der Waals surface area (Å²) in [6, 6.07) is 0. The van der Waals surface area contributed by atoms with Crippen LogP contribution in [-0.2, 0) is 31.2 Å². The molecule has 0 aliphatic heterocycles. The van der Waals surface area contributed by atoms with Gasteiger partial charge in [0, 0.05) is 11.5 Å². The van der Waals surface area contributed by atoms with E-state index < -0.39 is 19.7 Å². The fourth-order valence-corrected chi connectivity index (χ4v) is 2.41. The van der Waals surface area contributed by atoms with Crippen LogP contribution in [-0.4, -0.2) is 48.7 Å². The van der Waals surface area contributed by atoms with Crippen molar-refractivity contribution < 1.29 is 16.8 Å². The van der Waals surface area contributed by atoms with E-state index in [9.17, 15) is 16.8 Å². The molecule has 102 valence electrons. The number of nitrogens with zero attached hydrogens (tertiary/aromatic N) is 4.